The second-order valence-electron chi connectivity index (χ2n) is 6.75. The molecule has 1 atom stereocenters. The Labute approximate surface area is 185 Å². The molecule has 4 aromatic rings. The summed E-state index contributed by atoms with van der Waals surface area (Å²) in [6, 6.07) is 20.4. The van der Waals surface area contributed by atoms with Gasteiger partial charge in [-0.25, -0.2) is 0 Å². The molecule has 6 nitrogen and oxygen atoms in total. The van der Waals surface area contributed by atoms with Gasteiger partial charge in [0.25, 0.3) is 0 Å². The van der Waals surface area contributed by atoms with Crippen LogP contribution in [-0.2, 0) is 11.3 Å². The minimum atomic E-state index is -4.81. The van der Waals surface area contributed by atoms with E-state index < -0.39 is 17.3 Å². The Morgan fingerprint density at radius 1 is 1.00 bits per heavy atom. The van der Waals surface area contributed by atoms with E-state index in [9.17, 15) is 18.0 Å². The molecule has 1 N–H and O–H groups in total. The van der Waals surface area contributed by atoms with Crippen LogP contribution in [-0.4, -0.2) is 32.1 Å². The number of thioether (sulfide) groups is 1. The highest BCUT2D eigenvalue weighted by molar-refractivity contribution is 8.00. The summed E-state index contributed by atoms with van der Waals surface area (Å²) < 4.78 is 48.4. The fourth-order valence-corrected chi connectivity index (χ4v) is 3.85. The van der Waals surface area contributed by atoms with E-state index in [1.54, 1.807) is 30.3 Å². The van der Waals surface area contributed by atoms with E-state index >= 15 is 0 Å². The molecule has 0 aliphatic heterocycles. The van der Waals surface area contributed by atoms with Crippen LogP contribution in [0.4, 0.5) is 18.9 Å². The molecule has 0 aliphatic rings. The zero-order chi connectivity index (χ0) is 22.6. The van der Waals surface area contributed by atoms with Crippen molar-refractivity contribution in [1.29, 1.82) is 0 Å². The number of nitrogens with zero attached hydrogens (tertiary/aromatic N) is 3. The molecule has 0 radical (unpaired) electrons. The van der Waals surface area contributed by atoms with Gasteiger partial charge in [-0.15, -0.1) is 10.2 Å². The predicted molar refractivity (Wildman–Crippen MR) is 114 cm³/mol. The Morgan fingerprint density at radius 2 is 1.69 bits per heavy atom. The third kappa shape index (κ3) is 5.02. The molecule has 0 saturated heterocycles. The number of rotatable bonds is 7. The van der Waals surface area contributed by atoms with Crippen LogP contribution in [0.1, 0.15) is 5.56 Å². The normalized spacial score (nSPS) is 12.5. The molecule has 32 heavy (non-hydrogen) atoms. The van der Waals surface area contributed by atoms with E-state index in [4.69, 9.17) is 4.42 Å². The van der Waals surface area contributed by atoms with Crippen LogP contribution in [0.3, 0.4) is 0 Å². The van der Waals surface area contributed by atoms with Crippen LogP contribution in [0, 0.1) is 0 Å². The second-order valence-corrected chi connectivity index (χ2v) is 7.82. The first kappa shape index (κ1) is 21.7. The van der Waals surface area contributed by atoms with Gasteiger partial charge in [-0.2, -0.15) is 13.2 Å². The summed E-state index contributed by atoms with van der Waals surface area (Å²) in [6.07, 6.45) is -3.37. The standard InChI is InChI=1S/C22H17F3N4O2S/c23-22(24,25)18(20(30)26-16-10-5-2-6-11-16)32-21-28-27-19(17-12-7-13-31-17)29(21)14-15-8-3-1-4-9-15/h1-13,18H,14H2,(H,26,30). The first-order valence-corrected chi connectivity index (χ1v) is 10.4. The van der Waals surface area contributed by atoms with Crippen LogP contribution in [0.5, 0.6) is 0 Å². The highest BCUT2D eigenvalue weighted by atomic mass is 32.2. The number of furan rings is 1. The maximum absolute atomic E-state index is 13.8. The van der Waals surface area contributed by atoms with Gasteiger partial charge in [0.05, 0.1) is 12.8 Å². The molecule has 1 unspecified atom stereocenters. The SMILES string of the molecule is O=C(Nc1ccccc1)C(Sc1nnc(-c2ccco2)n1Cc1ccccc1)C(F)(F)F. The van der Waals surface area contributed by atoms with Crippen LogP contribution >= 0.6 is 11.8 Å². The number of halogens is 3. The van der Waals surface area contributed by atoms with Gasteiger partial charge < -0.3 is 9.73 Å². The number of hydrogen-bond acceptors (Lipinski definition) is 5. The Bertz CT molecular complexity index is 1160. The monoisotopic (exact) mass is 458 g/mol. The summed E-state index contributed by atoms with van der Waals surface area (Å²) in [5.41, 5.74) is 1.11. The molecular weight excluding hydrogens is 441 g/mol. The van der Waals surface area contributed by atoms with Crippen molar-refractivity contribution in [1.82, 2.24) is 14.8 Å². The van der Waals surface area contributed by atoms with E-state index in [0.29, 0.717) is 17.5 Å². The summed E-state index contributed by atoms with van der Waals surface area (Å²) in [5.74, 6) is -0.564. The molecule has 0 spiro atoms. The molecule has 1 amide bonds. The quantitative estimate of drug-likeness (QED) is 0.383. The predicted octanol–water partition coefficient (Wildman–Crippen LogP) is 5.25. The van der Waals surface area contributed by atoms with Crippen LogP contribution in [0.25, 0.3) is 11.6 Å². The number of nitrogens with one attached hydrogen (secondary N) is 1. The number of anilines is 1. The molecule has 4 rings (SSSR count). The lowest BCUT2D eigenvalue weighted by Crippen LogP contribution is -2.38. The van der Waals surface area contributed by atoms with Crippen molar-refractivity contribution in [2.45, 2.75) is 23.1 Å². The first-order chi connectivity index (χ1) is 15.4. The van der Waals surface area contributed by atoms with Crippen molar-refractivity contribution in [3.63, 3.8) is 0 Å². The maximum Gasteiger partial charge on any atom is 0.409 e. The third-order valence-corrected chi connectivity index (χ3v) is 5.67. The number of hydrogen-bond donors (Lipinski definition) is 1. The van der Waals surface area contributed by atoms with E-state index in [1.165, 1.54) is 23.0 Å². The summed E-state index contributed by atoms with van der Waals surface area (Å²) in [5, 5.41) is 7.86. The fraction of sp³-hybridized carbons (Fsp3) is 0.136. The third-order valence-electron chi connectivity index (χ3n) is 4.44. The molecule has 0 saturated carbocycles. The molecular formula is C22H17F3N4O2S. The number of alkyl halides is 3. The minimum Gasteiger partial charge on any atom is -0.461 e. The van der Waals surface area contributed by atoms with Crippen molar-refractivity contribution in [2.24, 2.45) is 0 Å². The Hall–Kier alpha value is -3.53. The number of carbonyl (C=O) groups is 1. The molecule has 0 bridgehead atoms. The van der Waals surface area contributed by atoms with Crippen molar-refractivity contribution < 1.29 is 22.4 Å². The first-order valence-electron chi connectivity index (χ1n) is 9.52. The van der Waals surface area contributed by atoms with Gasteiger partial charge in [-0.05, 0) is 29.8 Å². The average Bonchev–Trinajstić information content (AvgIpc) is 3.43. The van der Waals surface area contributed by atoms with E-state index in [-0.39, 0.29) is 23.2 Å². The van der Waals surface area contributed by atoms with Gasteiger partial charge >= 0.3 is 6.18 Å². The van der Waals surface area contributed by atoms with Gasteiger partial charge in [-0.1, -0.05) is 60.3 Å². The van der Waals surface area contributed by atoms with Crippen LogP contribution < -0.4 is 5.32 Å². The molecule has 2 aromatic heterocycles. The minimum absolute atomic E-state index is 0.0502. The van der Waals surface area contributed by atoms with Gasteiger partial charge in [-0.3, -0.25) is 9.36 Å². The Morgan fingerprint density at radius 3 is 2.31 bits per heavy atom. The number of para-hydroxylation sites is 1. The van der Waals surface area contributed by atoms with Crippen molar-refractivity contribution >= 4 is 23.4 Å². The van der Waals surface area contributed by atoms with Crippen molar-refractivity contribution in [3.8, 4) is 11.6 Å². The molecule has 0 aliphatic carbocycles. The highest BCUT2D eigenvalue weighted by Gasteiger charge is 2.47. The van der Waals surface area contributed by atoms with Crippen molar-refractivity contribution in [3.05, 3.63) is 84.6 Å². The number of amides is 1. The zero-order valence-electron chi connectivity index (χ0n) is 16.5. The lowest BCUT2D eigenvalue weighted by molar-refractivity contribution is -0.146. The summed E-state index contributed by atoms with van der Waals surface area (Å²) in [6.45, 7) is 0.205. The Balaban J connectivity index is 1.67. The summed E-state index contributed by atoms with van der Waals surface area (Å²) in [4.78, 5) is 12.5. The van der Waals surface area contributed by atoms with Gasteiger partial charge in [0.15, 0.2) is 16.2 Å². The zero-order valence-corrected chi connectivity index (χ0v) is 17.3. The van der Waals surface area contributed by atoms with Crippen molar-refractivity contribution in [2.75, 3.05) is 5.32 Å². The van der Waals surface area contributed by atoms with Gasteiger partial charge in [0, 0.05) is 5.69 Å². The second kappa shape index (κ2) is 9.31. The number of carbonyl (C=O) groups excluding carboxylic acids is 1. The lowest BCUT2D eigenvalue weighted by Gasteiger charge is -2.19. The number of aromatic nitrogens is 3. The average molecular weight is 458 g/mol. The van der Waals surface area contributed by atoms with E-state index in [2.05, 4.69) is 15.5 Å². The van der Waals surface area contributed by atoms with Gasteiger partial charge in [0.1, 0.15) is 0 Å². The molecule has 10 heteroatoms. The fourth-order valence-electron chi connectivity index (χ4n) is 2.98. The number of benzene rings is 2. The highest BCUT2D eigenvalue weighted by Crippen LogP contribution is 2.37. The summed E-state index contributed by atoms with van der Waals surface area (Å²) in [7, 11) is 0. The molecule has 2 heterocycles. The van der Waals surface area contributed by atoms with E-state index in [1.807, 2.05) is 30.3 Å². The van der Waals surface area contributed by atoms with Crippen LogP contribution in [0.15, 0.2) is 88.6 Å². The topological polar surface area (TPSA) is 73.0 Å². The molecule has 0 fully saturated rings. The summed E-state index contributed by atoms with van der Waals surface area (Å²) >= 11 is 0.298. The maximum atomic E-state index is 13.8. The lowest BCUT2D eigenvalue weighted by atomic mass is 10.2. The smallest absolute Gasteiger partial charge is 0.409 e. The molecule has 164 valence electrons. The Kier molecular flexibility index (Phi) is 6.31. The van der Waals surface area contributed by atoms with E-state index in [0.717, 1.165) is 5.56 Å². The van der Waals surface area contributed by atoms with Crippen LogP contribution in [0.2, 0.25) is 0 Å². The largest absolute Gasteiger partial charge is 0.461 e. The molecule has 2 aromatic carbocycles. The van der Waals surface area contributed by atoms with Gasteiger partial charge in [0.2, 0.25) is 11.7 Å².